The fourth-order valence-corrected chi connectivity index (χ4v) is 4.02. The first-order chi connectivity index (χ1) is 11.1. The fraction of sp³-hybridized carbons (Fsp3) is 0.722. The van der Waals surface area contributed by atoms with E-state index in [1.165, 1.54) is 12.0 Å². The minimum Gasteiger partial charge on any atom is -0.377 e. The summed E-state index contributed by atoms with van der Waals surface area (Å²) in [5.41, 5.74) is 2.34. The average molecular weight is 320 g/mol. The van der Waals surface area contributed by atoms with Gasteiger partial charge in [0.1, 0.15) is 5.76 Å². The number of ether oxygens (including phenoxy) is 2. The molecular formula is C18H28N2O3. The van der Waals surface area contributed by atoms with Crippen molar-refractivity contribution >= 4 is 0 Å². The van der Waals surface area contributed by atoms with Gasteiger partial charge in [-0.1, -0.05) is 11.2 Å². The Labute approximate surface area is 138 Å². The Kier molecular flexibility index (Phi) is 5.19. The van der Waals surface area contributed by atoms with Gasteiger partial charge in [-0.25, -0.2) is 0 Å². The number of aryl methyl sites for hydroxylation is 2. The van der Waals surface area contributed by atoms with Crippen LogP contribution in [0.15, 0.2) is 17.2 Å². The SMILES string of the molecule is C=CCOC[C@@]12CCCO[C@H]1CCN(Cc1c(C)noc1C)C2. The summed E-state index contributed by atoms with van der Waals surface area (Å²) in [4.78, 5) is 2.51. The van der Waals surface area contributed by atoms with Crippen molar-refractivity contribution in [1.29, 1.82) is 0 Å². The Morgan fingerprint density at radius 3 is 3.09 bits per heavy atom. The Morgan fingerprint density at radius 2 is 2.35 bits per heavy atom. The van der Waals surface area contributed by atoms with Gasteiger partial charge in [0.15, 0.2) is 0 Å². The number of rotatable bonds is 6. The summed E-state index contributed by atoms with van der Waals surface area (Å²) < 4.78 is 17.3. The van der Waals surface area contributed by atoms with Gasteiger partial charge in [-0.15, -0.1) is 6.58 Å². The molecule has 128 valence electrons. The topological polar surface area (TPSA) is 47.7 Å². The van der Waals surface area contributed by atoms with Crippen molar-refractivity contribution in [1.82, 2.24) is 10.1 Å². The van der Waals surface area contributed by atoms with Gasteiger partial charge in [0.05, 0.1) is 25.0 Å². The number of hydrogen-bond donors (Lipinski definition) is 0. The van der Waals surface area contributed by atoms with E-state index in [1.54, 1.807) is 0 Å². The molecule has 0 bridgehead atoms. The van der Waals surface area contributed by atoms with Crippen LogP contribution in [0.3, 0.4) is 0 Å². The van der Waals surface area contributed by atoms with Crippen LogP contribution in [0.2, 0.25) is 0 Å². The van der Waals surface area contributed by atoms with Gasteiger partial charge in [-0.05, 0) is 33.1 Å². The van der Waals surface area contributed by atoms with E-state index < -0.39 is 0 Å². The molecule has 2 saturated heterocycles. The molecule has 1 aromatic heterocycles. The van der Waals surface area contributed by atoms with Crippen LogP contribution in [-0.4, -0.2) is 49.1 Å². The van der Waals surface area contributed by atoms with E-state index in [-0.39, 0.29) is 5.41 Å². The molecule has 0 unspecified atom stereocenters. The van der Waals surface area contributed by atoms with E-state index in [4.69, 9.17) is 14.0 Å². The number of fused-ring (bicyclic) bond motifs is 1. The molecule has 0 aliphatic carbocycles. The van der Waals surface area contributed by atoms with Gasteiger partial charge in [0, 0.05) is 37.2 Å². The van der Waals surface area contributed by atoms with Gasteiger partial charge >= 0.3 is 0 Å². The molecule has 5 heteroatoms. The first-order valence-corrected chi connectivity index (χ1v) is 8.59. The number of likely N-dealkylation sites (tertiary alicyclic amines) is 1. The van der Waals surface area contributed by atoms with Crippen molar-refractivity contribution < 1.29 is 14.0 Å². The molecule has 0 saturated carbocycles. The summed E-state index contributed by atoms with van der Waals surface area (Å²) in [5.74, 6) is 0.932. The van der Waals surface area contributed by atoms with Gasteiger partial charge in [0.25, 0.3) is 0 Å². The quantitative estimate of drug-likeness (QED) is 0.596. The smallest absolute Gasteiger partial charge is 0.138 e. The summed E-state index contributed by atoms with van der Waals surface area (Å²) in [5, 5.41) is 4.08. The molecule has 3 rings (SSSR count). The number of aromatic nitrogens is 1. The minimum absolute atomic E-state index is 0.110. The Hall–Kier alpha value is -1.17. The van der Waals surface area contributed by atoms with Crippen LogP contribution in [0.1, 0.15) is 36.3 Å². The summed E-state index contributed by atoms with van der Waals surface area (Å²) >= 11 is 0. The molecule has 0 aromatic carbocycles. The van der Waals surface area contributed by atoms with Crippen LogP contribution in [0.25, 0.3) is 0 Å². The van der Waals surface area contributed by atoms with Crippen molar-refractivity contribution in [3.05, 3.63) is 29.7 Å². The average Bonchev–Trinajstić information content (AvgIpc) is 2.87. The Morgan fingerprint density at radius 1 is 1.48 bits per heavy atom. The normalized spacial score (nSPS) is 28.5. The van der Waals surface area contributed by atoms with Crippen molar-refractivity contribution in [3.63, 3.8) is 0 Å². The van der Waals surface area contributed by atoms with Gasteiger partial charge in [-0.2, -0.15) is 0 Å². The van der Waals surface area contributed by atoms with E-state index >= 15 is 0 Å². The fourth-order valence-electron chi connectivity index (χ4n) is 4.02. The third-order valence-corrected chi connectivity index (χ3v) is 5.26. The lowest BCUT2D eigenvalue weighted by Gasteiger charge is -2.50. The molecule has 0 spiro atoms. The highest BCUT2D eigenvalue weighted by Gasteiger charge is 2.46. The molecule has 2 aliphatic heterocycles. The molecule has 23 heavy (non-hydrogen) atoms. The summed E-state index contributed by atoms with van der Waals surface area (Å²) in [6.45, 7) is 13.0. The lowest BCUT2D eigenvalue weighted by atomic mass is 9.73. The molecule has 2 aliphatic rings. The number of piperidine rings is 1. The van der Waals surface area contributed by atoms with E-state index in [9.17, 15) is 0 Å². The largest absolute Gasteiger partial charge is 0.377 e. The second kappa shape index (κ2) is 7.16. The van der Waals surface area contributed by atoms with Gasteiger partial charge < -0.3 is 14.0 Å². The Bertz CT molecular complexity index is 523. The molecule has 0 N–H and O–H groups in total. The van der Waals surface area contributed by atoms with Crippen LogP contribution in [0, 0.1) is 19.3 Å². The summed E-state index contributed by atoms with van der Waals surface area (Å²) in [6, 6.07) is 0. The van der Waals surface area contributed by atoms with E-state index in [2.05, 4.69) is 16.6 Å². The zero-order valence-electron chi connectivity index (χ0n) is 14.3. The third kappa shape index (κ3) is 3.52. The second-order valence-electron chi connectivity index (χ2n) is 6.93. The third-order valence-electron chi connectivity index (χ3n) is 5.26. The second-order valence-corrected chi connectivity index (χ2v) is 6.93. The van der Waals surface area contributed by atoms with Crippen molar-refractivity contribution in [3.8, 4) is 0 Å². The predicted molar refractivity (Wildman–Crippen MR) is 88.3 cm³/mol. The lowest BCUT2D eigenvalue weighted by Crippen LogP contribution is -2.56. The zero-order chi connectivity index (χ0) is 16.3. The summed E-state index contributed by atoms with van der Waals surface area (Å²) in [7, 11) is 0. The molecule has 5 nitrogen and oxygen atoms in total. The van der Waals surface area contributed by atoms with Crippen LogP contribution in [-0.2, 0) is 16.0 Å². The highest BCUT2D eigenvalue weighted by molar-refractivity contribution is 5.20. The molecule has 0 amide bonds. The molecule has 2 atom stereocenters. The van der Waals surface area contributed by atoms with E-state index in [0.717, 1.165) is 57.1 Å². The molecular weight excluding hydrogens is 292 g/mol. The Balaban J connectivity index is 1.71. The standard InChI is InChI=1S/C18H28N2O3/c1-4-9-21-13-18-7-5-10-22-17(18)6-8-20(12-18)11-16-14(2)19-23-15(16)3/h4,17H,1,5-13H2,2-3H3/t17-,18-/m0/s1. The highest BCUT2D eigenvalue weighted by Crippen LogP contribution is 2.41. The molecule has 2 fully saturated rings. The van der Waals surface area contributed by atoms with Gasteiger partial charge in [0.2, 0.25) is 0 Å². The first kappa shape index (κ1) is 16.7. The predicted octanol–water partition coefficient (Wildman–Crippen LogP) is 2.87. The van der Waals surface area contributed by atoms with Crippen LogP contribution in [0.5, 0.6) is 0 Å². The number of hydrogen-bond acceptors (Lipinski definition) is 5. The van der Waals surface area contributed by atoms with E-state index in [1.807, 2.05) is 19.9 Å². The van der Waals surface area contributed by atoms with Gasteiger partial charge in [-0.3, -0.25) is 4.90 Å². The lowest BCUT2D eigenvalue weighted by molar-refractivity contribution is -0.152. The highest BCUT2D eigenvalue weighted by atomic mass is 16.5. The molecule has 0 radical (unpaired) electrons. The van der Waals surface area contributed by atoms with Crippen LogP contribution >= 0.6 is 0 Å². The maximum atomic E-state index is 6.08. The number of nitrogens with zero attached hydrogens (tertiary/aromatic N) is 2. The van der Waals surface area contributed by atoms with Crippen molar-refractivity contribution in [2.24, 2.45) is 5.41 Å². The van der Waals surface area contributed by atoms with Crippen molar-refractivity contribution in [2.75, 3.05) is 32.9 Å². The maximum Gasteiger partial charge on any atom is 0.138 e. The van der Waals surface area contributed by atoms with E-state index in [0.29, 0.717) is 12.7 Å². The van der Waals surface area contributed by atoms with Crippen molar-refractivity contribution in [2.45, 2.75) is 45.8 Å². The minimum atomic E-state index is 0.110. The molecule has 3 heterocycles. The monoisotopic (exact) mass is 320 g/mol. The van der Waals surface area contributed by atoms with Crippen LogP contribution < -0.4 is 0 Å². The summed E-state index contributed by atoms with van der Waals surface area (Å²) in [6.07, 6.45) is 5.50. The molecule has 1 aromatic rings. The van der Waals surface area contributed by atoms with Crippen LogP contribution in [0.4, 0.5) is 0 Å². The first-order valence-electron chi connectivity index (χ1n) is 8.59. The maximum absolute atomic E-state index is 6.08. The zero-order valence-corrected chi connectivity index (χ0v) is 14.3.